The first-order valence-corrected chi connectivity index (χ1v) is 6.58. The van der Waals surface area contributed by atoms with Gasteiger partial charge in [-0.15, -0.1) is 0 Å². The van der Waals surface area contributed by atoms with Gasteiger partial charge < -0.3 is 10.5 Å². The van der Waals surface area contributed by atoms with E-state index in [0.717, 1.165) is 12.8 Å². The van der Waals surface area contributed by atoms with E-state index < -0.39 is 5.54 Å². The van der Waals surface area contributed by atoms with E-state index >= 15 is 0 Å². The highest BCUT2D eigenvalue weighted by Crippen LogP contribution is 2.24. The third-order valence-electron chi connectivity index (χ3n) is 2.88. The average Bonchev–Trinajstić information content (AvgIpc) is 2.35. The Kier molecular flexibility index (Phi) is 5.35. The number of Topliss-reactive ketones (excluding diaryl/α,β-unsaturated/α-hetero) is 1. The number of ketones is 1. The normalized spacial score (nSPS) is 14.0. The lowest BCUT2D eigenvalue weighted by molar-refractivity contribution is 0.0889. The van der Waals surface area contributed by atoms with E-state index in [4.69, 9.17) is 10.5 Å². The monoisotopic (exact) mass is 249 g/mol. The van der Waals surface area contributed by atoms with Gasteiger partial charge in [-0.2, -0.15) is 0 Å². The molecule has 18 heavy (non-hydrogen) atoms. The van der Waals surface area contributed by atoms with Crippen molar-refractivity contribution in [2.24, 2.45) is 5.73 Å². The molecule has 1 atom stereocenters. The summed E-state index contributed by atoms with van der Waals surface area (Å²) in [6.45, 7) is 6.46. The maximum atomic E-state index is 12.4. The highest BCUT2D eigenvalue weighted by molar-refractivity contribution is 6.04. The third-order valence-corrected chi connectivity index (χ3v) is 2.88. The summed E-state index contributed by atoms with van der Waals surface area (Å²) in [4.78, 5) is 12.4. The molecule has 100 valence electrons. The van der Waals surface area contributed by atoms with Crippen molar-refractivity contribution in [2.75, 3.05) is 6.61 Å². The van der Waals surface area contributed by atoms with Crippen LogP contribution in [0.3, 0.4) is 0 Å². The molecule has 1 aromatic rings. The maximum Gasteiger partial charge on any atom is 0.186 e. The SMILES string of the molecule is CCCOc1ccccc1C(=O)C(C)(N)CCC. The molecular formula is C15H23NO2. The first kappa shape index (κ1) is 14.7. The van der Waals surface area contributed by atoms with Gasteiger partial charge in [0, 0.05) is 0 Å². The fourth-order valence-corrected chi connectivity index (χ4v) is 1.93. The van der Waals surface area contributed by atoms with Crippen molar-refractivity contribution in [3.8, 4) is 5.75 Å². The molecule has 0 amide bonds. The minimum Gasteiger partial charge on any atom is -0.493 e. The second-order valence-electron chi connectivity index (χ2n) is 4.84. The molecule has 0 aliphatic heterocycles. The Balaban J connectivity index is 2.97. The topological polar surface area (TPSA) is 52.3 Å². The number of para-hydroxylation sites is 1. The molecule has 1 unspecified atom stereocenters. The van der Waals surface area contributed by atoms with E-state index in [2.05, 4.69) is 0 Å². The summed E-state index contributed by atoms with van der Waals surface area (Å²) in [5.41, 5.74) is 5.86. The molecule has 0 aliphatic carbocycles. The van der Waals surface area contributed by atoms with Crippen LogP contribution in [0.1, 0.15) is 50.4 Å². The molecule has 0 heterocycles. The zero-order chi connectivity index (χ0) is 13.6. The number of hydrogen-bond donors (Lipinski definition) is 1. The van der Waals surface area contributed by atoms with Gasteiger partial charge in [0.15, 0.2) is 5.78 Å². The molecule has 0 fully saturated rings. The van der Waals surface area contributed by atoms with Crippen LogP contribution >= 0.6 is 0 Å². The van der Waals surface area contributed by atoms with Gasteiger partial charge in [-0.25, -0.2) is 0 Å². The van der Waals surface area contributed by atoms with Crippen LogP contribution in [-0.2, 0) is 0 Å². The summed E-state index contributed by atoms with van der Waals surface area (Å²) in [6, 6.07) is 7.32. The predicted octanol–water partition coefficient (Wildman–Crippen LogP) is 3.18. The van der Waals surface area contributed by atoms with Gasteiger partial charge in [-0.05, 0) is 31.9 Å². The van der Waals surface area contributed by atoms with Crippen LogP contribution < -0.4 is 10.5 Å². The minimum absolute atomic E-state index is 0.0453. The largest absolute Gasteiger partial charge is 0.493 e. The molecule has 0 bridgehead atoms. The molecule has 2 N–H and O–H groups in total. The highest BCUT2D eigenvalue weighted by Gasteiger charge is 2.30. The second-order valence-corrected chi connectivity index (χ2v) is 4.84. The maximum absolute atomic E-state index is 12.4. The number of carbonyl (C=O) groups is 1. The van der Waals surface area contributed by atoms with Gasteiger partial charge in [0.05, 0.1) is 17.7 Å². The molecule has 0 saturated heterocycles. The minimum atomic E-state index is -0.819. The van der Waals surface area contributed by atoms with Gasteiger partial charge >= 0.3 is 0 Å². The fourth-order valence-electron chi connectivity index (χ4n) is 1.93. The van der Waals surface area contributed by atoms with Crippen LogP contribution in [0.2, 0.25) is 0 Å². The van der Waals surface area contributed by atoms with Crippen LogP contribution in [0.4, 0.5) is 0 Å². The smallest absolute Gasteiger partial charge is 0.186 e. The van der Waals surface area contributed by atoms with E-state index in [-0.39, 0.29) is 5.78 Å². The molecule has 0 aromatic heterocycles. The summed E-state index contributed by atoms with van der Waals surface area (Å²) in [5, 5.41) is 0. The number of nitrogens with two attached hydrogens (primary N) is 1. The van der Waals surface area contributed by atoms with Crippen LogP contribution in [0.15, 0.2) is 24.3 Å². The predicted molar refractivity (Wildman–Crippen MR) is 74.1 cm³/mol. The molecule has 1 rings (SSSR count). The molecular weight excluding hydrogens is 226 g/mol. The van der Waals surface area contributed by atoms with Crippen molar-refractivity contribution >= 4 is 5.78 Å². The van der Waals surface area contributed by atoms with Gasteiger partial charge in [0.1, 0.15) is 5.75 Å². The molecule has 0 saturated carbocycles. The van der Waals surface area contributed by atoms with E-state index in [9.17, 15) is 4.79 Å². The summed E-state index contributed by atoms with van der Waals surface area (Å²) in [5.74, 6) is 0.591. The van der Waals surface area contributed by atoms with E-state index in [0.29, 0.717) is 24.3 Å². The lowest BCUT2D eigenvalue weighted by Gasteiger charge is -2.23. The van der Waals surface area contributed by atoms with E-state index in [1.165, 1.54) is 0 Å². The first-order chi connectivity index (χ1) is 8.53. The lowest BCUT2D eigenvalue weighted by Crippen LogP contribution is -2.44. The third kappa shape index (κ3) is 3.57. The van der Waals surface area contributed by atoms with Crippen molar-refractivity contribution < 1.29 is 9.53 Å². The first-order valence-electron chi connectivity index (χ1n) is 6.58. The zero-order valence-corrected chi connectivity index (χ0v) is 11.5. The molecule has 0 aliphatic rings. The van der Waals surface area contributed by atoms with Crippen LogP contribution in [0, 0.1) is 0 Å². The van der Waals surface area contributed by atoms with Crippen molar-refractivity contribution in [1.82, 2.24) is 0 Å². The van der Waals surface area contributed by atoms with E-state index in [1.807, 2.05) is 32.0 Å². The van der Waals surface area contributed by atoms with Crippen molar-refractivity contribution in [2.45, 2.75) is 45.6 Å². The molecule has 1 aromatic carbocycles. The fraction of sp³-hybridized carbons (Fsp3) is 0.533. The van der Waals surface area contributed by atoms with Crippen molar-refractivity contribution in [3.05, 3.63) is 29.8 Å². The summed E-state index contributed by atoms with van der Waals surface area (Å²) < 4.78 is 5.60. The number of hydrogen-bond acceptors (Lipinski definition) is 3. The Hall–Kier alpha value is -1.35. The van der Waals surface area contributed by atoms with Gasteiger partial charge in [-0.1, -0.05) is 32.4 Å². The van der Waals surface area contributed by atoms with Crippen molar-refractivity contribution in [1.29, 1.82) is 0 Å². The Bertz CT molecular complexity index is 399. The Labute approximate surface area is 109 Å². The highest BCUT2D eigenvalue weighted by atomic mass is 16.5. The summed E-state index contributed by atoms with van der Waals surface area (Å²) in [7, 11) is 0. The molecule has 0 spiro atoms. The van der Waals surface area contributed by atoms with Gasteiger partial charge in [0.2, 0.25) is 0 Å². The Morgan fingerprint density at radius 1 is 1.28 bits per heavy atom. The summed E-state index contributed by atoms with van der Waals surface area (Å²) >= 11 is 0. The molecule has 3 nitrogen and oxygen atoms in total. The van der Waals surface area contributed by atoms with Gasteiger partial charge in [0.25, 0.3) is 0 Å². The van der Waals surface area contributed by atoms with Gasteiger partial charge in [-0.3, -0.25) is 4.79 Å². The number of carbonyl (C=O) groups excluding carboxylic acids is 1. The molecule has 3 heteroatoms. The van der Waals surface area contributed by atoms with E-state index in [1.54, 1.807) is 13.0 Å². The number of ether oxygens (including phenoxy) is 1. The average molecular weight is 249 g/mol. The number of benzene rings is 1. The summed E-state index contributed by atoms with van der Waals surface area (Å²) in [6.07, 6.45) is 2.47. The van der Waals surface area contributed by atoms with Crippen LogP contribution in [0.5, 0.6) is 5.75 Å². The zero-order valence-electron chi connectivity index (χ0n) is 11.5. The quantitative estimate of drug-likeness (QED) is 0.755. The van der Waals surface area contributed by atoms with Crippen molar-refractivity contribution in [3.63, 3.8) is 0 Å². The Morgan fingerprint density at radius 2 is 1.94 bits per heavy atom. The number of rotatable bonds is 7. The van der Waals surface area contributed by atoms with Crippen LogP contribution in [-0.4, -0.2) is 17.9 Å². The Morgan fingerprint density at radius 3 is 2.56 bits per heavy atom. The standard InChI is InChI=1S/C15H23NO2/c1-4-10-15(3,16)14(17)12-8-6-7-9-13(12)18-11-5-2/h6-9H,4-5,10-11,16H2,1-3H3. The molecule has 0 radical (unpaired) electrons. The lowest BCUT2D eigenvalue weighted by atomic mass is 9.88. The second kappa shape index (κ2) is 6.55. The van der Waals surface area contributed by atoms with Crippen LogP contribution in [0.25, 0.3) is 0 Å².